The van der Waals surface area contributed by atoms with E-state index in [4.69, 9.17) is 11.5 Å². The molecule has 2 aromatic rings. The van der Waals surface area contributed by atoms with Gasteiger partial charge in [0.25, 0.3) is 0 Å². The maximum atomic E-state index is 14.0. The lowest BCUT2D eigenvalue weighted by Crippen LogP contribution is -2.58. The number of phenols is 1. The highest BCUT2D eigenvalue weighted by Gasteiger charge is 2.62. The first-order valence-electron chi connectivity index (χ1n) is 17.4. The maximum Gasteiger partial charge on any atom is 0.242 e. The number of phenolic OH excluding ortho intramolecular Hbond substituents is 1. The van der Waals surface area contributed by atoms with E-state index in [2.05, 4.69) is 45.8 Å². The van der Waals surface area contributed by atoms with Crippen LogP contribution in [0.5, 0.6) is 5.75 Å². The second kappa shape index (κ2) is 14.6. The first-order valence-corrected chi connectivity index (χ1v) is 17.4. The topological polar surface area (TPSA) is 175 Å². The molecule has 3 aliphatic rings. The van der Waals surface area contributed by atoms with Crippen LogP contribution in [0.25, 0.3) is 0 Å². The number of carbonyl (C=O) groups is 3. The van der Waals surface area contributed by atoms with Gasteiger partial charge in [-0.3, -0.25) is 24.3 Å². The van der Waals surface area contributed by atoms with Crippen molar-refractivity contribution in [1.82, 2.24) is 20.9 Å². The molecule has 8 N–H and O–H groups in total. The standard InChI is InChI=1S/C37H53N7O4/c1-23(2)17-30(33(47)40-14-8-15-41-35(38)39)43-32(46)21-42-34(48)37(26-9-6-5-7-10-26)20-27(37)22-44-16-13-36(4)24(3)31(44)18-25-11-12-28(45)19-29(25)36/h5-7,9-12,19,23-24,27,30-31,45H,8,13-18,20-22H2,1-4H3,(H,40,47)(H,42,48)(H,43,46)(H4,38,39,41)/t24?,27?,30?,31?,36-,37+/m1/s1. The van der Waals surface area contributed by atoms with Crippen LogP contribution in [0.3, 0.4) is 0 Å². The van der Waals surface area contributed by atoms with Crippen molar-refractivity contribution in [2.24, 2.45) is 34.2 Å². The molecule has 1 saturated heterocycles. The molecular formula is C37H53N7O4. The molecule has 2 aliphatic carbocycles. The number of nitrogens with one attached hydrogen (secondary N) is 3. The van der Waals surface area contributed by atoms with Crippen LogP contribution in [-0.4, -0.2) is 78.5 Å². The summed E-state index contributed by atoms with van der Waals surface area (Å²) in [6, 6.07) is 15.3. The Balaban J connectivity index is 1.22. The third-order valence-corrected chi connectivity index (χ3v) is 11.1. The summed E-state index contributed by atoms with van der Waals surface area (Å²) in [6.07, 6.45) is 3.65. The summed E-state index contributed by atoms with van der Waals surface area (Å²) in [5.74, 6) is 0.181. The molecule has 11 heteroatoms. The van der Waals surface area contributed by atoms with E-state index in [9.17, 15) is 19.5 Å². The Bertz CT molecular complexity index is 1510. The second-order valence-electron chi connectivity index (χ2n) is 14.7. The molecular weight excluding hydrogens is 606 g/mol. The highest BCUT2D eigenvalue weighted by molar-refractivity contribution is 5.95. The molecule has 0 aromatic heterocycles. The Morgan fingerprint density at radius 1 is 1.10 bits per heavy atom. The zero-order valence-corrected chi connectivity index (χ0v) is 28.8. The van der Waals surface area contributed by atoms with Gasteiger partial charge in [0.15, 0.2) is 5.96 Å². The molecule has 1 aliphatic heterocycles. The fraction of sp³-hybridized carbons (Fsp3) is 0.568. The third-order valence-electron chi connectivity index (χ3n) is 11.1. The van der Waals surface area contributed by atoms with Gasteiger partial charge in [-0.25, -0.2) is 0 Å². The van der Waals surface area contributed by atoms with E-state index in [0.717, 1.165) is 31.5 Å². The fourth-order valence-corrected chi connectivity index (χ4v) is 8.14. The predicted octanol–water partition coefficient (Wildman–Crippen LogP) is 2.30. The predicted molar refractivity (Wildman–Crippen MR) is 187 cm³/mol. The number of fused-ring (bicyclic) bond motifs is 4. The lowest BCUT2D eigenvalue weighted by Gasteiger charge is -2.55. The van der Waals surface area contributed by atoms with Crippen molar-refractivity contribution in [3.63, 3.8) is 0 Å². The largest absolute Gasteiger partial charge is 0.508 e. The summed E-state index contributed by atoms with van der Waals surface area (Å²) < 4.78 is 0. The van der Waals surface area contributed by atoms with Crippen LogP contribution in [0, 0.1) is 17.8 Å². The number of hydrogen-bond donors (Lipinski definition) is 6. The fourth-order valence-electron chi connectivity index (χ4n) is 8.14. The van der Waals surface area contributed by atoms with Crippen molar-refractivity contribution in [3.05, 3.63) is 65.2 Å². The van der Waals surface area contributed by atoms with Gasteiger partial charge in [0, 0.05) is 25.7 Å². The van der Waals surface area contributed by atoms with E-state index < -0.39 is 17.4 Å². The van der Waals surface area contributed by atoms with Gasteiger partial charge in [0.2, 0.25) is 17.7 Å². The van der Waals surface area contributed by atoms with Gasteiger partial charge >= 0.3 is 0 Å². The van der Waals surface area contributed by atoms with E-state index in [1.54, 1.807) is 6.07 Å². The normalized spacial score (nSPS) is 26.6. The molecule has 4 unspecified atom stereocenters. The SMILES string of the molecule is CC(C)CC(NC(=O)CNC(=O)[C@]1(c2ccccc2)CC1CN1CC[C@@]2(C)c3cc(O)ccc3CC1C2C)C(=O)NCCCN=C(N)N. The van der Waals surface area contributed by atoms with Crippen LogP contribution in [-0.2, 0) is 31.6 Å². The molecule has 48 heavy (non-hydrogen) atoms. The highest BCUT2D eigenvalue weighted by atomic mass is 16.3. The molecule has 1 saturated carbocycles. The molecule has 0 radical (unpaired) electrons. The number of nitrogens with two attached hydrogens (primary N) is 2. The van der Waals surface area contributed by atoms with E-state index >= 15 is 0 Å². The molecule has 5 rings (SSSR count). The first kappa shape index (κ1) is 35.2. The molecule has 2 fully saturated rings. The number of nitrogens with zero attached hydrogens (tertiary/aromatic N) is 2. The van der Waals surface area contributed by atoms with Crippen molar-refractivity contribution in [2.75, 3.05) is 32.7 Å². The van der Waals surface area contributed by atoms with Gasteiger partial charge in [-0.2, -0.15) is 0 Å². The zero-order valence-electron chi connectivity index (χ0n) is 28.8. The Morgan fingerprint density at radius 3 is 2.56 bits per heavy atom. The number of amides is 3. The van der Waals surface area contributed by atoms with Crippen LogP contribution in [0.15, 0.2) is 53.5 Å². The minimum Gasteiger partial charge on any atom is -0.508 e. The number of aliphatic imine (C=N–C) groups is 1. The minimum absolute atomic E-state index is 0.00376. The summed E-state index contributed by atoms with van der Waals surface area (Å²) in [7, 11) is 0. The zero-order chi connectivity index (χ0) is 34.6. The average Bonchev–Trinajstić information content (AvgIpc) is 3.77. The number of aromatic hydroxyl groups is 1. The number of likely N-dealkylation sites (tertiary alicyclic amines) is 1. The Kier molecular flexibility index (Phi) is 10.7. The third kappa shape index (κ3) is 7.46. The van der Waals surface area contributed by atoms with Gasteiger partial charge in [-0.1, -0.05) is 64.1 Å². The average molecular weight is 660 g/mol. The van der Waals surface area contributed by atoms with Crippen LogP contribution in [0.4, 0.5) is 0 Å². The molecule has 1 heterocycles. The van der Waals surface area contributed by atoms with Crippen molar-refractivity contribution in [3.8, 4) is 5.75 Å². The van der Waals surface area contributed by atoms with Gasteiger partial charge in [-0.15, -0.1) is 0 Å². The van der Waals surface area contributed by atoms with E-state index in [1.165, 1.54) is 11.1 Å². The molecule has 2 aromatic carbocycles. The number of guanidine groups is 1. The number of hydrogen-bond acceptors (Lipinski definition) is 6. The van der Waals surface area contributed by atoms with Crippen LogP contribution in [0.2, 0.25) is 0 Å². The quantitative estimate of drug-likeness (QED) is 0.102. The Hall–Kier alpha value is -4.12. The highest BCUT2D eigenvalue weighted by Crippen LogP contribution is 2.56. The lowest BCUT2D eigenvalue weighted by atomic mass is 9.59. The number of carbonyl (C=O) groups excluding carboxylic acids is 3. The lowest BCUT2D eigenvalue weighted by molar-refractivity contribution is -0.130. The van der Waals surface area contributed by atoms with Crippen molar-refractivity contribution in [2.45, 2.75) is 82.7 Å². The number of rotatable bonds is 14. The number of piperidine rings is 1. The van der Waals surface area contributed by atoms with Crippen LogP contribution < -0.4 is 27.4 Å². The Labute approximate surface area is 284 Å². The molecule has 2 bridgehead atoms. The van der Waals surface area contributed by atoms with Gasteiger partial charge in [0.05, 0.1) is 12.0 Å². The monoisotopic (exact) mass is 659 g/mol. The molecule has 3 amide bonds. The smallest absolute Gasteiger partial charge is 0.242 e. The molecule has 11 nitrogen and oxygen atoms in total. The van der Waals surface area contributed by atoms with Crippen LogP contribution >= 0.6 is 0 Å². The Morgan fingerprint density at radius 2 is 1.85 bits per heavy atom. The maximum absolute atomic E-state index is 14.0. The first-order chi connectivity index (χ1) is 22.8. The molecule has 0 spiro atoms. The molecule has 6 atom stereocenters. The van der Waals surface area contributed by atoms with E-state index in [1.807, 2.05) is 50.2 Å². The summed E-state index contributed by atoms with van der Waals surface area (Å²) in [6.45, 7) is 10.9. The molecule has 260 valence electrons. The number of benzene rings is 2. The summed E-state index contributed by atoms with van der Waals surface area (Å²) >= 11 is 0. The van der Waals surface area contributed by atoms with E-state index in [0.29, 0.717) is 50.1 Å². The summed E-state index contributed by atoms with van der Waals surface area (Å²) in [5, 5.41) is 18.8. The summed E-state index contributed by atoms with van der Waals surface area (Å²) in [4.78, 5) is 46.5. The minimum atomic E-state index is -0.717. The van der Waals surface area contributed by atoms with E-state index in [-0.39, 0.29) is 41.6 Å². The van der Waals surface area contributed by atoms with Crippen molar-refractivity contribution < 1.29 is 19.5 Å². The van der Waals surface area contributed by atoms with Crippen LogP contribution in [0.1, 0.15) is 70.1 Å². The second-order valence-corrected chi connectivity index (χ2v) is 14.7. The van der Waals surface area contributed by atoms with Gasteiger partial charge in [0.1, 0.15) is 11.8 Å². The van der Waals surface area contributed by atoms with Gasteiger partial charge < -0.3 is 32.5 Å². The summed E-state index contributed by atoms with van der Waals surface area (Å²) in [5.41, 5.74) is 13.5. The van der Waals surface area contributed by atoms with Crippen molar-refractivity contribution >= 4 is 23.7 Å². The van der Waals surface area contributed by atoms with Gasteiger partial charge in [-0.05, 0) is 90.6 Å². The van der Waals surface area contributed by atoms with Crippen molar-refractivity contribution in [1.29, 1.82) is 0 Å².